The SMILES string of the molecule is COc1cc(/C=C(/NC(=O)c2ccccc2)C(=O)Nc2cccc(SCC(=O)Nc3ccc4c(c3)OCO4)c2)cc(OC)c1OC. The first-order valence-corrected chi connectivity index (χ1v) is 15.0. The number of thioether (sulfide) groups is 1. The van der Waals surface area contributed by atoms with Gasteiger partial charge in [0.15, 0.2) is 23.0 Å². The molecule has 4 aromatic carbocycles. The summed E-state index contributed by atoms with van der Waals surface area (Å²) in [6.45, 7) is 0.150. The van der Waals surface area contributed by atoms with E-state index in [1.165, 1.54) is 39.2 Å². The molecule has 12 heteroatoms. The second-order valence-electron chi connectivity index (χ2n) is 9.72. The number of hydrogen-bond donors (Lipinski definition) is 3. The van der Waals surface area contributed by atoms with Crippen LogP contribution in [0.3, 0.4) is 0 Å². The molecule has 3 amide bonds. The van der Waals surface area contributed by atoms with Gasteiger partial charge in [-0.05, 0) is 66.2 Å². The highest BCUT2D eigenvalue weighted by Crippen LogP contribution is 2.39. The van der Waals surface area contributed by atoms with Crippen molar-refractivity contribution < 1.29 is 38.1 Å². The maximum absolute atomic E-state index is 13.6. The third-order valence-electron chi connectivity index (χ3n) is 6.65. The molecule has 0 unspecified atom stereocenters. The van der Waals surface area contributed by atoms with Gasteiger partial charge >= 0.3 is 0 Å². The number of ether oxygens (including phenoxy) is 5. The Morgan fingerprint density at radius 1 is 0.783 bits per heavy atom. The van der Waals surface area contributed by atoms with Crippen LogP contribution < -0.4 is 39.6 Å². The zero-order valence-electron chi connectivity index (χ0n) is 25.2. The zero-order valence-corrected chi connectivity index (χ0v) is 26.1. The number of nitrogens with one attached hydrogen (secondary N) is 3. The van der Waals surface area contributed by atoms with E-state index in [1.807, 2.05) is 6.07 Å². The van der Waals surface area contributed by atoms with E-state index in [-0.39, 0.29) is 24.2 Å². The summed E-state index contributed by atoms with van der Waals surface area (Å²) in [5.41, 5.74) is 1.94. The molecule has 0 atom stereocenters. The number of carbonyl (C=O) groups is 3. The first kappa shape index (κ1) is 31.8. The van der Waals surface area contributed by atoms with Crippen LogP contribution in [0.2, 0.25) is 0 Å². The molecule has 0 aromatic heterocycles. The molecule has 1 aliphatic heterocycles. The second-order valence-corrected chi connectivity index (χ2v) is 10.8. The quantitative estimate of drug-likeness (QED) is 0.134. The minimum atomic E-state index is -0.569. The summed E-state index contributed by atoms with van der Waals surface area (Å²) < 4.78 is 27.0. The summed E-state index contributed by atoms with van der Waals surface area (Å²) >= 11 is 1.30. The van der Waals surface area contributed by atoms with Crippen molar-refractivity contribution in [3.8, 4) is 28.7 Å². The highest BCUT2D eigenvalue weighted by atomic mass is 32.2. The maximum Gasteiger partial charge on any atom is 0.272 e. The van der Waals surface area contributed by atoms with E-state index >= 15 is 0 Å². The normalized spacial score (nSPS) is 11.8. The Balaban J connectivity index is 1.31. The summed E-state index contributed by atoms with van der Waals surface area (Å²) in [4.78, 5) is 40.1. The molecule has 46 heavy (non-hydrogen) atoms. The van der Waals surface area contributed by atoms with Crippen molar-refractivity contribution in [2.45, 2.75) is 4.90 Å². The minimum absolute atomic E-state index is 0.0238. The molecular formula is C34H31N3O8S. The molecule has 3 N–H and O–H groups in total. The van der Waals surface area contributed by atoms with Crippen molar-refractivity contribution in [3.05, 3.63) is 102 Å². The van der Waals surface area contributed by atoms with Crippen LogP contribution in [-0.2, 0) is 9.59 Å². The highest BCUT2D eigenvalue weighted by Gasteiger charge is 2.18. The summed E-state index contributed by atoms with van der Waals surface area (Å²) in [6.07, 6.45) is 1.51. The van der Waals surface area contributed by atoms with E-state index < -0.39 is 11.8 Å². The van der Waals surface area contributed by atoms with Crippen molar-refractivity contribution in [2.24, 2.45) is 0 Å². The number of rotatable bonds is 12. The number of benzene rings is 4. The topological polar surface area (TPSA) is 133 Å². The van der Waals surface area contributed by atoms with Gasteiger partial charge in [0.25, 0.3) is 11.8 Å². The van der Waals surface area contributed by atoms with Gasteiger partial charge in [0.2, 0.25) is 18.4 Å². The van der Waals surface area contributed by atoms with E-state index in [4.69, 9.17) is 23.7 Å². The summed E-state index contributed by atoms with van der Waals surface area (Å²) in [6, 6.07) is 24.1. The van der Waals surface area contributed by atoms with Gasteiger partial charge < -0.3 is 39.6 Å². The number of fused-ring (bicyclic) bond motifs is 1. The first-order chi connectivity index (χ1) is 22.4. The maximum atomic E-state index is 13.6. The van der Waals surface area contributed by atoms with Gasteiger partial charge in [-0.3, -0.25) is 14.4 Å². The fourth-order valence-corrected chi connectivity index (χ4v) is 5.23. The molecule has 1 aliphatic rings. The van der Waals surface area contributed by atoms with Crippen LogP contribution in [0, 0.1) is 0 Å². The molecule has 0 saturated heterocycles. The van der Waals surface area contributed by atoms with Crippen LogP contribution in [0.25, 0.3) is 6.08 Å². The molecule has 236 valence electrons. The fourth-order valence-electron chi connectivity index (χ4n) is 4.48. The van der Waals surface area contributed by atoms with Crippen LogP contribution in [0.1, 0.15) is 15.9 Å². The molecule has 0 radical (unpaired) electrons. The summed E-state index contributed by atoms with van der Waals surface area (Å²) in [7, 11) is 4.47. The fraction of sp³-hybridized carbons (Fsp3) is 0.147. The average Bonchev–Trinajstić information content (AvgIpc) is 3.55. The van der Waals surface area contributed by atoms with Crippen molar-refractivity contribution in [1.82, 2.24) is 5.32 Å². The predicted molar refractivity (Wildman–Crippen MR) is 175 cm³/mol. The molecule has 5 rings (SSSR count). The van der Waals surface area contributed by atoms with Gasteiger partial charge in [-0.1, -0.05) is 24.3 Å². The van der Waals surface area contributed by atoms with Gasteiger partial charge in [0.1, 0.15) is 5.70 Å². The number of anilines is 2. The lowest BCUT2D eigenvalue weighted by Crippen LogP contribution is -2.30. The molecule has 0 fully saturated rings. The van der Waals surface area contributed by atoms with Crippen LogP contribution in [0.4, 0.5) is 11.4 Å². The van der Waals surface area contributed by atoms with Crippen LogP contribution >= 0.6 is 11.8 Å². The van der Waals surface area contributed by atoms with E-state index in [1.54, 1.807) is 78.9 Å². The van der Waals surface area contributed by atoms with Crippen molar-refractivity contribution in [2.75, 3.05) is 44.5 Å². The van der Waals surface area contributed by atoms with E-state index in [2.05, 4.69) is 16.0 Å². The number of amides is 3. The Morgan fingerprint density at radius 2 is 1.50 bits per heavy atom. The predicted octanol–water partition coefficient (Wildman–Crippen LogP) is 5.58. The Kier molecular flexibility index (Phi) is 10.3. The van der Waals surface area contributed by atoms with Gasteiger partial charge in [0.05, 0.1) is 27.1 Å². The van der Waals surface area contributed by atoms with Crippen molar-refractivity contribution in [1.29, 1.82) is 0 Å². The monoisotopic (exact) mass is 641 g/mol. The first-order valence-electron chi connectivity index (χ1n) is 14.0. The van der Waals surface area contributed by atoms with E-state index in [9.17, 15) is 14.4 Å². The van der Waals surface area contributed by atoms with Gasteiger partial charge in [-0.25, -0.2) is 0 Å². The molecule has 4 aromatic rings. The standard InChI is InChI=1S/C34H31N3O8S/c1-41-29-15-21(16-30(42-2)32(29)43-3)14-26(37-33(39)22-8-5-4-6-9-22)34(40)36-23-10-7-11-25(17-23)46-19-31(38)35-24-12-13-27-28(18-24)45-20-44-27/h4-18H,19-20H2,1-3H3,(H,35,38)(H,36,40)(H,37,39)/b26-14+. The minimum Gasteiger partial charge on any atom is -0.493 e. The Bertz CT molecular complexity index is 1750. The number of methoxy groups -OCH3 is 3. The third kappa shape index (κ3) is 7.90. The zero-order chi connectivity index (χ0) is 32.5. The highest BCUT2D eigenvalue weighted by molar-refractivity contribution is 8.00. The Hall–Kier alpha value is -5.62. The summed E-state index contributed by atoms with van der Waals surface area (Å²) in [5, 5.41) is 8.41. The lowest BCUT2D eigenvalue weighted by atomic mass is 10.1. The largest absolute Gasteiger partial charge is 0.493 e. The van der Waals surface area contributed by atoms with Crippen LogP contribution in [-0.4, -0.2) is 51.6 Å². The molecule has 1 heterocycles. The van der Waals surface area contributed by atoms with Crippen LogP contribution in [0.5, 0.6) is 28.7 Å². The molecular weight excluding hydrogens is 610 g/mol. The van der Waals surface area contributed by atoms with Crippen LogP contribution in [0.15, 0.2) is 95.5 Å². The van der Waals surface area contributed by atoms with Gasteiger partial charge in [-0.2, -0.15) is 0 Å². The Labute approximate surface area is 269 Å². The Morgan fingerprint density at radius 3 is 2.22 bits per heavy atom. The molecule has 0 spiro atoms. The van der Waals surface area contributed by atoms with E-state index in [0.717, 1.165) is 4.90 Å². The van der Waals surface area contributed by atoms with E-state index in [0.29, 0.717) is 51.2 Å². The molecule has 0 bridgehead atoms. The second kappa shape index (κ2) is 14.9. The summed E-state index contributed by atoms with van der Waals surface area (Å²) in [5.74, 6) is 1.25. The lowest BCUT2D eigenvalue weighted by molar-refractivity contribution is -0.114. The molecule has 11 nitrogen and oxygen atoms in total. The van der Waals surface area contributed by atoms with Crippen molar-refractivity contribution >= 4 is 46.9 Å². The molecule has 0 aliphatic carbocycles. The number of hydrogen-bond acceptors (Lipinski definition) is 9. The van der Waals surface area contributed by atoms with Gasteiger partial charge in [0, 0.05) is 27.9 Å². The van der Waals surface area contributed by atoms with Gasteiger partial charge in [-0.15, -0.1) is 11.8 Å². The lowest BCUT2D eigenvalue weighted by Gasteiger charge is -2.15. The molecule has 0 saturated carbocycles. The third-order valence-corrected chi connectivity index (χ3v) is 7.64. The smallest absolute Gasteiger partial charge is 0.272 e. The number of carbonyl (C=O) groups excluding carboxylic acids is 3. The average molecular weight is 642 g/mol. The van der Waals surface area contributed by atoms with Crippen molar-refractivity contribution in [3.63, 3.8) is 0 Å².